The molecule has 1 atom stereocenters. The van der Waals surface area contributed by atoms with Crippen LogP contribution in [0.2, 0.25) is 0 Å². The Balaban J connectivity index is 2.02. The van der Waals surface area contributed by atoms with Gasteiger partial charge in [-0.1, -0.05) is 12.8 Å². The highest BCUT2D eigenvalue weighted by Gasteiger charge is 2.25. The molecule has 1 fully saturated rings. The number of hydrogen-bond acceptors (Lipinski definition) is 3. The molecular formula is C14H20FN3O. The van der Waals surface area contributed by atoms with Crippen molar-refractivity contribution in [2.75, 3.05) is 11.9 Å². The number of carbonyl (C=O) groups is 1. The average Bonchev–Trinajstić information content (AvgIpc) is 3.15. The summed E-state index contributed by atoms with van der Waals surface area (Å²) in [6.07, 6.45) is 4.91. The Hall–Kier alpha value is -1.65. The van der Waals surface area contributed by atoms with Gasteiger partial charge in [0.2, 0.25) is 0 Å². The fourth-order valence-electron chi connectivity index (χ4n) is 2.12. The van der Waals surface area contributed by atoms with Crippen LogP contribution in [-0.4, -0.2) is 23.5 Å². The Kier molecular flexibility index (Phi) is 4.35. The predicted molar refractivity (Wildman–Crippen MR) is 72.6 cm³/mol. The number of anilines is 1. The first-order valence-electron chi connectivity index (χ1n) is 6.81. The van der Waals surface area contributed by atoms with Crippen molar-refractivity contribution in [2.45, 2.75) is 39.2 Å². The van der Waals surface area contributed by atoms with E-state index in [1.807, 2.05) is 13.8 Å². The van der Waals surface area contributed by atoms with Gasteiger partial charge in [0.05, 0.1) is 5.56 Å². The van der Waals surface area contributed by atoms with Crippen molar-refractivity contribution in [3.05, 3.63) is 23.6 Å². The molecule has 0 saturated heterocycles. The van der Waals surface area contributed by atoms with E-state index in [2.05, 4.69) is 15.6 Å². The third-order valence-electron chi connectivity index (χ3n) is 3.24. The lowest BCUT2D eigenvalue weighted by Crippen LogP contribution is -2.33. The molecule has 2 rings (SSSR count). The van der Waals surface area contributed by atoms with Crippen molar-refractivity contribution in [1.82, 2.24) is 10.3 Å². The molecule has 0 radical (unpaired) electrons. The van der Waals surface area contributed by atoms with Gasteiger partial charge in [-0.25, -0.2) is 9.37 Å². The Morgan fingerprint density at radius 2 is 2.32 bits per heavy atom. The summed E-state index contributed by atoms with van der Waals surface area (Å²) < 4.78 is 14.0. The van der Waals surface area contributed by atoms with Crippen LogP contribution >= 0.6 is 0 Å². The second-order valence-electron chi connectivity index (χ2n) is 5.11. The van der Waals surface area contributed by atoms with Crippen LogP contribution in [0.1, 0.15) is 43.5 Å². The van der Waals surface area contributed by atoms with Crippen LogP contribution in [0, 0.1) is 11.7 Å². The molecule has 1 heterocycles. The maximum absolute atomic E-state index is 14.0. The average molecular weight is 265 g/mol. The minimum Gasteiger partial charge on any atom is -0.368 e. The molecule has 0 spiro atoms. The fourth-order valence-corrected chi connectivity index (χ4v) is 2.12. The van der Waals surface area contributed by atoms with E-state index >= 15 is 0 Å². The van der Waals surface area contributed by atoms with E-state index in [9.17, 15) is 9.18 Å². The highest BCUT2D eigenvalue weighted by Crippen LogP contribution is 2.33. The van der Waals surface area contributed by atoms with Gasteiger partial charge in [0.15, 0.2) is 11.6 Å². The number of rotatable bonds is 6. The second kappa shape index (κ2) is 5.99. The smallest absolute Gasteiger partial charge is 0.254 e. The zero-order valence-electron chi connectivity index (χ0n) is 11.4. The van der Waals surface area contributed by atoms with Crippen molar-refractivity contribution in [3.8, 4) is 0 Å². The van der Waals surface area contributed by atoms with Crippen LogP contribution in [0.4, 0.5) is 10.2 Å². The molecule has 0 aromatic carbocycles. The molecule has 0 bridgehead atoms. The number of hydrogen-bond donors (Lipinski definition) is 2. The SMILES string of the molecule is CCNc1nccc(C(=O)NC(C)CC2CC2)c1F. The van der Waals surface area contributed by atoms with E-state index in [-0.39, 0.29) is 23.3 Å². The van der Waals surface area contributed by atoms with Gasteiger partial charge in [0.1, 0.15) is 0 Å². The standard InChI is InChI=1S/C14H20FN3O/c1-3-16-13-12(15)11(6-7-17-13)14(19)18-9(2)8-10-4-5-10/h6-7,9-10H,3-5,8H2,1-2H3,(H,16,17)(H,18,19). The van der Waals surface area contributed by atoms with E-state index in [1.54, 1.807) is 0 Å². The molecule has 19 heavy (non-hydrogen) atoms. The minimum absolute atomic E-state index is 0.0496. The van der Waals surface area contributed by atoms with Crippen molar-refractivity contribution in [1.29, 1.82) is 0 Å². The van der Waals surface area contributed by atoms with Gasteiger partial charge in [0, 0.05) is 18.8 Å². The van der Waals surface area contributed by atoms with Crippen molar-refractivity contribution in [2.24, 2.45) is 5.92 Å². The Labute approximate surface area is 112 Å². The molecule has 1 aliphatic rings. The van der Waals surface area contributed by atoms with Crippen LogP contribution < -0.4 is 10.6 Å². The number of nitrogens with zero attached hydrogens (tertiary/aromatic N) is 1. The highest BCUT2D eigenvalue weighted by molar-refractivity contribution is 5.95. The molecule has 1 aromatic heterocycles. The van der Waals surface area contributed by atoms with E-state index in [0.29, 0.717) is 6.54 Å². The lowest BCUT2D eigenvalue weighted by Gasteiger charge is -2.14. The summed E-state index contributed by atoms with van der Waals surface area (Å²) in [5, 5.41) is 5.64. The molecule has 2 N–H and O–H groups in total. The molecule has 4 nitrogen and oxygen atoms in total. The molecule has 1 saturated carbocycles. The monoisotopic (exact) mass is 265 g/mol. The van der Waals surface area contributed by atoms with E-state index in [1.165, 1.54) is 25.1 Å². The number of pyridine rings is 1. The lowest BCUT2D eigenvalue weighted by atomic mass is 10.1. The number of carbonyl (C=O) groups excluding carboxylic acids is 1. The van der Waals surface area contributed by atoms with Crippen molar-refractivity contribution in [3.63, 3.8) is 0 Å². The van der Waals surface area contributed by atoms with Crippen LogP contribution in [0.3, 0.4) is 0 Å². The first kappa shape index (κ1) is 13.8. The normalized spacial score (nSPS) is 15.9. The summed E-state index contributed by atoms with van der Waals surface area (Å²) in [7, 11) is 0. The van der Waals surface area contributed by atoms with Gasteiger partial charge in [-0.2, -0.15) is 0 Å². The van der Waals surface area contributed by atoms with Gasteiger partial charge in [-0.05, 0) is 32.3 Å². The molecule has 0 aliphatic heterocycles. The second-order valence-corrected chi connectivity index (χ2v) is 5.11. The zero-order valence-corrected chi connectivity index (χ0v) is 11.4. The lowest BCUT2D eigenvalue weighted by molar-refractivity contribution is 0.0933. The molecule has 1 aromatic rings. The maximum atomic E-state index is 14.0. The maximum Gasteiger partial charge on any atom is 0.254 e. The Morgan fingerprint density at radius 3 is 2.95 bits per heavy atom. The number of halogens is 1. The largest absolute Gasteiger partial charge is 0.368 e. The summed E-state index contributed by atoms with van der Waals surface area (Å²) in [5.41, 5.74) is 0.0496. The quantitative estimate of drug-likeness (QED) is 0.831. The van der Waals surface area contributed by atoms with E-state index < -0.39 is 5.82 Å². The summed E-state index contributed by atoms with van der Waals surface area (Å²) in [5.74, 6) is -0.0902. The summed E-state index contributed by atoms with van der Waals surface area (Å²) >= 11 is 0. The van der Waals surface area contributed by atoms with Gasteiger partial charge in [0.25, 0.3) is 5.91 Å². The van der Waals surface area contributed by atoms with E-state index in [4.69, 9.17) is 0 Å². The fraction of sp³-hybridized carbons (Fsp3) is 0.571. The summed E-state index contributed by atoms with van der Waals surface area (Å²) in [6, 6.07) is 1.49. The van der Waals surface area contributed by atoms with Gasteiger partial charge < -0.3 is 10.6 Å². The first-order valence-corrected chi connectivity index (χ1v) is 6.81. The summed E-state index contributed by atoms with van der Waals surface area (Å²) in [6.45, 7) is 4.37. The highest BCUT2D eigenvalue weighted by atomic mass is 19.1. The van der Waals surface area contributed by atoms with Crippen LogP contribution in [0.25, 0.3) is 0 Å². The van der Waals surface area contributed by atoms with Crippen molar-refractivity contribution >= 4 is 11.7 Å². The number of nitrogens with one attached hydrogen (secondary N) is 2. The van der Waals surface area contributed by atoms with Crippen LogP contribution in [-0.2, 0) is 0 Å². The molecule has 1 amide bonds. The Morgan fingerprint density at radius 1 is 1.58 bits per heavy atom. The van der Waals surface area contributed by atoms with E-state index in [0.717, 1.165) is 12.3 Å². The molecule has 1 aliphatic carbocycles. The molecule has 1 unspecified atom stereocenters. The predicted octanol–water partition coefficient (Wildman–Crippen LogP) is 2.57. The van der Waals surface area contributed by atoms with Crippen LogP contribution in [0.5, 0.6) is 0 Å². The van der Waals surface area contributed by atoms with Gasteiger partial charge in [-0.15, -0.1) is 0 Å². The molecule has 5 heteroatoms. The third kappa shape index (κ3) is 3.66. The molecule has 104 valence electrons. The zero-order chi connectivity index (χ0) is 13.8. The summed E-state index contributed by atoms with van der Waals surface area (Å²) in [4.78, 5) is 15.9. The first-order chi connectivity index (χ1) is 9.11. The Bertz CT molecular complexity index is 460. The molecular weight excluding hydrogens is 245 g/mol. The minimum atomic E-state index is -0.583. The number of aromatic nitrogens is 1. The number of amides is 1. The van der Waals surface area contributed by atoms with Crippen molar-refractivity contribution < 1.29 is 9.18 Å². The topological polar surface area (TPSA) is 54.0 Å². The van der Waals surface area contributed by atoms with Gasteiger partial charge in [-0.3, -0.25) is 4.79 Å². The van der Waals surface area contributed by atoms with Gasteiger partial charge >= 0.3 is 0 Å². The third-order valence-corrected chi connectivity index (χ3v) is 3.24. The van der Waals surface area contributed by atoms with Crippen LogP contribution in [0.15, 0.2) is 12.3 Å².